The highest BCUT2D eigenvalue weighted by Crippen LogP contribution is 2.19. The maximum absolute atomic E-state index is 11.5. The van der Waals surface area contributed by atoms with E-state index in [4.69, 9.17) is 0 Å². The maximum Gasteiger partial charge on any atom is 0.321 e. The summed E-state index contributed by atoms with van der Waals surface area (Å²) in [7, 11) is 0. The van der Waals surface area contributed by atoms with Crippen LogP contribution in [-0.4, -0.2) is 34.7 Å². The van der Waals surface area contributed by atoms with Crippen LogP contribution < -0.4 is 5.32 Å². The predicted molar refractivity (Wildman–Crippen MR) is 124 cm³/mol. The summed E-state index contributed by atoms with van der Waals surface area (Å²) in [5.41, 5.74) is 4.26. The molecule has 0 unspecified atom stereocenters. The summed E-state index contributed by atoms with van der Waals surface area (Å²) in [5.74, 6) is 0.817. The summed E-state index contributed by atoms with van der Waals surface area (Å²) >= 11 is 1.72. The number of hydrogen-bond donors (Lipinski definition) is 2. The van der Waals surface area contributed by atoms with Crippen LogP contribution in [0.25, 0.3) is 0 Å². The van der Waals surface area contributed by atoms with E-state index in [1.165, 1.54) is 36.0 Å². The number of hydrogen-bond acceptors (Lipinski definition) is 3. The first-order valence-corrected chi connectivity index (χ1v) is 12.0. The molecule has 0 heterocycles. The number of rotatable bonds is 13. The standard InChI is InChI=1S/C24H41NO2S/c1-19(2)10-8-11-20(3)12-9-13-21(4)16-17-28-18-23(24(26)27)25-22-14-6-5-7-15-22/h10,12,16,22-23,25H,5-9,11,13-15,17-18H2,1-4H3,(H,26,27)/b20-12+,21-16+/t23-/m0/s1. The van der Waals surface area contributed by atoms with Gasteiger partial charge in [-0.15, -0.1) is 0 Å². The molecule has 0 aromatic rings. The van der Waals surface area contributed by atoms with Gasteiger partial charge >= 0.3 is 5.97 Å². The van der Waals surface area contributed by atoms with Gasteiger partial charge in [0.2, 0.25) is 0 Å². The summed E-state index contributed by atoms with van der Waals surface area (Å²) in [6.45, 7) is 8.70. The summed E-state index contributed by atoms with van der Waals surface area (Å²) in [5, 5.41) is 12.8. The SMILES string of the molecule is CC(C)=CCC/C(C)=C/CC/C(C)=C/CSC[C@H](NC1CCCCC1)C(=O)O. The minimum absolute atomic E-state index is 0.388. The number of carboxylic acid groups (broad SMARTS) is 1. The second-order valence-corrected chi connectivity index (χ2v) is 9.46. The fourth-order valence-corrected chi connectivity index (χ4v) is 4.48. The number of aliphatic carboxylic acids is 1. The van der Waals surface area contributed by atoms with E-state index in [1.54, 1.807) is 11.8 Å². The van der Waals surface area contributed by atoms with Crippen molar-refractivity contribution in [3.63, 3.8) is 0 Å². The molecule has 160 valence electrons. The fourth-order valence-electron chi connectivity index (χ4n) is 3.47. The Kier molecular flexibility index (Phi) is 13.3. The van der Waals surface area contributed by atoms with Gasteiger partial charge in [0.15, 0.2) is 0 Å². The molecule has 0 spiro atoms. The average molecular weight is 408 g/mol. The average Bonchev–Trinajstić information content (AvgIpc) is 2.64. The van der Waals surface area contributed by atoms with Crippen LogP contribution in [0.3, 0.4) is 0 Å². The van der Waals surface area contributed by atoms with E-state index in [9.17, 15) is 9.90 Å². The molecule has 28 heavy (non-hydrogen) atoms. The molecule has 0 amide bonds. The molecule has 0 saturated heterocycles. The largest absolute Gasteiger partial charge is 0.480 e. The van der Waals surface area contributed by atoms with Gasteiger partial charge in [0.25, 0.3) is 0 Å². The van der Waals surface area contributed by atoms with E-state index in [0.29, 0.717) is 11.8 Å². The predicted octanol–water partition coefficient (Wildman–Crippen LogP) is 6.51. The Hall–Kier alpha value is -1.00. The summed E-state index contributed by atoms with van der Waals surface area (Å²) < 4.78 is 0. The van der Waals surface area contributed by atoms with Crippen LogP contribution >= 0.6 is 11.8 Å². The van der Waals surface area contributed by atoms with Crippen molar-refractivity contribution in [1.29, 1.82) is 0 Å². The van der Waals surface area contributed by atoms with Crippen molar-refractivity contribution < 1.29 is 9.90 Å². The number of carbonyl (C=O) groups is 1. The first-order valence-electron chi connectivity index (χ1n) is 10.9. The normalized spacial score (nSPS) is 17.4. The highest BCUT2D eigenvalue weighted by Gasteiger charge is 2.22. The number of nitrogens with one attached hydrogen (secondary N) is 1. The molecule has 0 radical (unpaired) electrons. The Bertz CT molecular complexity index is 541. The van der Waals surface area contributed by atoms with Crippen molar-refractivity contribution in [2.45, 2.75) is 97.6 Å². The van der Waals surface area contributed by atoms with E-state index in [0.717, 1.165) is 44.3 Å². The van der Waals surface area contributed by atoms with Crippen molar-refractivity contribution in [2.75, 3.05) is 11.5 Å². The van der Waals surface area contributed by atoms with Crippen molar-refractivity contribution in [3.05, 3.63) is 34.9 Å². The number of thioether (sulfide) groups is 1. The molecule has 4 heteroatoms. The van der Waals surface area contributed by atoms with Crippen molar-refractivity contribution in [1.82, 2.24) is 5.32 Å². The van der Waals surface area contributed by atoms with E-state index < -0.39 is 12.0 Å². The first-order chi connectivity index (χ1) is 13.4. The van der Waals surface area contributed by atoms with Crippen molar-refractivity contribution >= 4 is 17.7 Å². The molecule has 2 N–H and O–H groups in total. The zero-order valence-corrected chi connectivity index (χ0v) is 19.2. The van der Waals surface area contributed by atoms with Gasteiger partial charge in [-0.2, -0.15) is 11.8 Å². The minimum atomic E-state index is -0.715. The summed E-state index contributed by atoms with van der Waals surface area (Å²) in [6, 6.07) is -0.0346. The summed E-state index contributed by atoms with van der Waals surface area (Å²) in [4.78, 5) is 11.5. The van der Waals surface area contributed by atoms with Gasteiger partial charge in [-0.1, -0.05) is 54.2 Å². The molecule has 0 aliphatic heterocycles. The molecular weight excluding hydrogens is 366 g/mol. The molecule has 1 rings (SSSR count). The van der Waals surface area contributed by atoms with Gasteiger partial charge in [-0.25, -0.2) is 0 Å². The zero-order valence-electron chi connectivity index (χ0n) is 18.4. The fraction of sp³-hybridized carbons (Fsp3) is 0.708. The second-order valence-electron chi connectivity index (χ2n) is 8.39. The van der Waals surface area contributed by atoms with Gasteiger partial charge in [-0.3, -0.25) is 4.79 Å². The molecule has 3 nitrogen and oxygen atoms in total. The lowest BCUT2D eigenvalue weighted by molar-refractivity contribution is -0.139. The Labute approximate surface area is 177 Å². The van der Waals surface area contributed by atoms with Crippen LogP contribution in [-0.2, 0) is 4.79 Å². The molecular formula is C24H41NO2S. The van der Waals surface area contributed by atoms with Crippen LogP contribution in [0.1, 0.15) is 85.5 Å². The Morgan fingerprint density at radius 3 is 2.21 bits per heavy atom. The lowest BCUT2D eigenvalue weighted by Crippen LogP contribution is -2.45. The van der Waals surface area contributed by atoms with Gasteiger partial charge in [0.05, 0.1) is 0 Å². The Balaban J connectivity index is 2.24. The molecule has 1 aliphatic rings. The van der Waals surface area contributed by atoms with E-state index in [1.807, 2.05) is 0 Å². The topological polar surface area (TPSA) is 49.3 Å². The third-order valence-electron chi connectivity index (χ3n) is 5.30. The quantitative estimate of drug-likeness (QED) is 0.270. The Morgan fingerprint density at radius 2 is 1.61 bits per heavy atom. The van der Waals surface area contributed by atoms with E-state index in [-0.39, 0.29) is 0 Å². The maximum atomic E-state index is 11.5. The van der Waals surface area contributed by atoms with Crippen LogP contribution in [0.4, 0.5) is 0 Å². The third kappa shape index (κ3) is 12.5. The van der Waals surface area contributed by atoms with Crippen molar-refractivity contribution in [3.8, 4) is 0 Å². The smallest absolute Gasteiger partial charge is 0.321 e. The van der Waals surface area contributed by atoms with Gasteiger partial charge in [-0.05, 0) is 66.2 Å². The first kappa shape index (κ1) is 25.0. The molecule has 0 bridgehead atoms. The highest BCUT2D eigenvalue weighted by molar-refractivity contribution is 7.99. The lowest BCUT2D eigenvalue weighted by atomic mass is 9.95. The van der Waals surface area contributed by atoms with E-state index in [2.05, 4.69) is 51.2 Å². The second kappa shape index (κ2) is 14.9. The monoisotopic (exact) mass is 407 g/mol. The summed E-state index contributed by atoms with van der Waals surface area (Å²) in [6.07, 6.45) is 17.4. The highest BCUT2D eigenvalue weighted by atomic mass is 32.2. The van der Waals surface area contributed by atoms with Crippen LogP contribution in [0.2, 0.25) is 0 Å². The lowest BCUT2D eigenvalue weighted by Gasteiger charge is -2.26. The van der Waals surface area contributed by atoms with Gasteiger partial charge in [0, 0.05) is 17.5 Å². The zero-order chi connectivity index (χ0) is 20.8. The minimum Gasteiger partial charge on any atom is -0.480 e. The van der Waals surface area contributed by atoms with Crippen LogP contribution in [0.15, 0.2) is 34.9 Å². The van der Waals surface area contributed by atoms with E-state index >= 15 is 0 Å². The van der Waals surface area contributed by atoms with Gasteiger partial charge < -0.3 is 10.4 Å². The van der Waals surface area contributed by atoms with Gasteiger partial charge in [0.1, 0.15) is 6.04 Å². The Morgan fingerprint density at radius 1 is 1.00 bits per heavy atom. The van der Waals surface area contributed by atoms with Crippen molar-refractivity contribution in [2.24, 2.45) is 0 Å². The molecule has 0 aromatic carbocycles. The molecule has 1 atom stereocenters. The molecule has 1 aliphatic carbocycles. The number of carboxylic acids is 1. The van der Waals surface area contributed by atoms with Crippen LogP contribution in [0.5, 0.6) is 0 Å². The van der Waals surface area contributed by atoms with Crippen LogP contribution in [0, 0.1) is 0 Å². The number of allylic oxidation sites excluding steroid dienone is 5. The molecule has 1 fully saturated rings. The molecule has 1 saturated carbocycles. The third-order valence-corrected chi connectivity index (χ3v) is 6.27. The molecule has 0 aromatic heterocycles.